The van der Waals surface area contributed by atoms with E-state index >= 15 is 0 Å². The number of alkyl halides is 1. The molecule has 0 aliphatic carbocycles. The summed E-state index contributed by atoms with van der Waals surface area (Å²) in [5.41, 5.74) is 0. The third-order valence-corrected chi connectivity index (χ3v) is 1.82. The smallest absolute Gasteiger partial charge is 0.206 e. The third-order valence-electron chi connectivity index (χ3n) is 1.49. The number of hydrogen-bond donors (Lipinski definition) is 0. The lowest BCUT2D eigenvalue weighted by molar-refractivity contribution is 0.278. The summed E-state index contributed by atoms with van der Waals surface area (Å²) in [5, 5.41) is 0.201. The van der Waals surface area contributed by atoms with E-state index in [2.05, 4.69) is 20.7 Å². The van der Waals surface area contributed by atoms with Crippen LogP contribution in [0.25, 0.3) is 0 Å². The minimum absolute atomic E-state index is 0.201. The van der Waals surface area contributed by atoms with Gasteiger partial charge >= 0.3 is 0 Å². The Hall–Kier alpha value is -0.850. The van der Waals surface area contributed by atoms with E-state index in [4.69, 9.17) is 0 Å². The van der Waals surface area contributed by atoms with Gasteiger partial charge < -0.3 is 4.74 Å². The lowest BCUT2D eigenvalue weighted by Crippen LogP contribution is -2.08. The average molecular weight is 291 g/mol. The standard InChI is InChI=1S/C8H4BrF5O/c9-1-2-15-8-6(13)4(11)3(10)5(12)7(8)14/h1-2H2. The van der Waals surface area contributed by atoms with Crippen molar-refractivity contribution in [1.29, 1.82) is 0 Å². The Morgan fingerprint density at radius 2 is 1.20 bits per heavy atom. The first-order valence-electron chi connectivity index (χ1n) is 3.70. The molecule has 1 nitrogen and oxygen atoms in total. The van der Waals surface area contributed by atoms with Gasteiger partial charge in [-0.3, -0.25) is 0 Å². The van der Waals surface area contributed by atoms with E-state index in [9.17, 15) is 22.0 Å². The summed E-state index contributed by atoms with van der Waals surface area (Å²) in [5.74, 6) is -11.4. The van der Waals surface area contributed by atoms with E-state index in [-0.39, 0.29) is 11.9 Å². The van der Waals surface area contributed by atoms with Crippen LogP contribution in [0.15, 0.2) is 0 Å². The van der Waals surface area contributed by atoms with Gasteiger partial charge in [0.25, 0.3) is 0 Å². The normalized spacial score (nSPS) is 10.5. The van der Waals surface area contributed by atoms with E-state index < -0.39 is 34.8 Å². The van der Waals surface area contributed by atoms with Gasteiger partial charge in [-0.15, -0.1) is 0 Å². The van der Waals surface area contributed by atoms with Crippen LogP contribution in [0.4, 0.5) is 22.0 Å². The van der Waals surface area contributed by atoms with Gasteiger partial charge in [0.2, 0.25) is 29.1 Å². The first-order chi connectivity index (χ1) is 7.00. The summed E-state index contributed by atoms with van der Waals surface area (Å²) < 4.78 is 67.8. The Labute approximate surface area is 90.0 Å². The van der Waals surface area contributed by atoms with Crippen LogP contribution >= 0.6 is 15.9 Å². The molecule has 1 aromatic rings. The zero-order chi connectivity index (χ0) is 11.6. The summed E-state index contributed by atoms with van der Waals surface area (Å²) in [7, 11) is 0. The monoisotopic (exact) mass is 290 g/mol. The van der Waals surface area contributed by atoms with Gasteiger partial charge in [0.15, 0.2) is 5.75 Å². The van der Waals surface area contributed by atoms with Gasteiger partial charge in [-0.1, -0.05) is 15.9 Å². The van der Waals surface area contributed by atoms with Crippen molar-refractivity contribution in [3.05, 3.63) is 29.1 Å². The molecule has 0 spiro atoms. The van der Waals surface area contributed by atoms with Gasteiger partial charge in [0.05, 0.1) is 6.61 Å². The highest BCUT2D eigenvalue weighted by Gasteiger charge is 2.26. The molecule has 0 saturated heterocycles. The summed E-state index contributed by atoms with van der Waals surface area (Å²) in [4.78, 5) is 0. The molecular weight excluding hydrogens is 287 g/mol. The molecular formula is C8H4BrF5O. The molecule has 0 aliphatic heterocycles. The molecule has 0 bridgehead atoms. The van der Waals surface area contributed by atoms with Crippen LogP contribution in [0.5, 0.6) is 5.75 Å². The Bertz CT molecular complexity index is 353. The summed E-state index contributed by atoms with van der Waals surface area (Å²) in [6.07, 6.45) is 0. The largest absolute Gasteiger partial charge is 0.487 e. The lowest BCUT2D eigenvalue weighted by atomic mass is 10.2. The third kappa shape index (κ3) is 2.22. The Morgan fingerprint density at radius 1 is 0.800 bits per heavy atom. The minimum Gasteiger partial charge on any atom is -0.487 e. The van der Waals surface area contributed by atoms with Crippen LogP contribution < -0.4 is 4.74 Å². The van der Waals surface area contributed by atoms with Crippen LogP contribution in [0.3, 0.4) is 0 Å². The number of halogens is 6. The average Bonchev–Trinajstić information content (AvgIpc) is 2.24. The lowest BCUT2D eigenvalue weighted by Gasteiger charge is -2.08. The van der Waals surface area contributed by atoms with Crippen molar-refractivity contribution >= 4 is 15.9 Å². The van der Waals surface area contributed by atoms with Crippen LogP contribution in [0.1, 0.15) is 0 Å². The van der Waals surface area contributed by atoms with Crippen molar-refractivity contribution in [2.24, 2.45) is 0 Å². The van der Waals surface area contributed by atoms with Crippen molar-refractivity contribution in [1.82, 2.24) is 0 Å². The molecule has 0 amide bonds. The van der Waals surface area contributed by atoms with Gasteiger partial charge in [-0.25, -0.2) is 13.2 Å². The van der Waals surface area contributed by atoms with E-state index in [0.29, 0.717) is 0 Å². The summed E-state index contributed by atoms with van der Waals surface area (Å²) in [6.45, 7) is -0.210. The molecule has 0 aromatic heterocycles. The molecule has 0 heterocycles. The molecule has 0 aliphatic rings. The van der Waals surface area contributed by atoms with Gasteiger partial charge in [0.1, 0.15) is 0 Å². The molecule has 7 heteroatoms. The molecule has 1 aromatic carbocycles. The first kappa shape index (κ1) is 12.2. The maximum atomic E-state index is 12.9. The predicted octanol–water partition coefficient (Wildman–Crippen LogP) is 3.16. The van der Waals surface area contributed by atoms with Crippen LogP contribution in [-0.2, 0) is 0 Å². The van der Waals surface area contributed by atoms with Crippen LogP contribution in [0, 0.1) is 29.1 Å². The number of ether oxygens (including phenoxy) is 1. The van der Waals surface area contributed by atoms with E-state index in [0.717, 1.165) is 0 Å². The van der Waals surface area contributed by atoms with E-state index in [1.54, 1.807) is 0 Å². The number of benzene rings is 1. The van der Waals surface area contributed by atoms with E-state index in [1.165, 1.54) is 0 Å². The Morgan fingerprint density at radius 3 is 1.60 bits per heavy atom. The van der Waals surface area contributed by atoms with E-state index in [1.807, 2.05) is 0 Å². The van der Waals surface area contributed by atoms with Gasteiger partial charge in [-0.2, -0.15) is 8.78 Å². The Kier molecular flexibility index (Phi) is 3.90. The summed E-state index contributed by atoms with van der Waals surface area (Å²) >= 11 is 2.88. The molecule has 15 heavy (non-hydrogen) atoms. The molecule has 0 atom stereocenters. The minimum atomic E-state index is -2.20. The SMILES string of the molecule is Fc1c(F)c(F)c(OCCBr)c(F)c1F. The number of rotatable bonds is 3. The van der Waals surface area contributed by atoms with Gasteiger partial charge in [-0.05, 0) is 0 Å². The zero-order valence-corrected chi connectivity index (χ0v) is 8.68. The van der Waals surface area contributed by atoms with Gasteiger partial charge in [0, 0.05) is 5.33 Å². The summed E-state index contributed by atoms with van der Waals surface area (Å²) in [6, 6.07) is 0. The van der Waals surface area contributed by atoms with Crippen LogP contribution in [0.2, 0.25) is 0 Å². The van der Waals surface area contributed by atoms with Crippen molar-refractivity contribution in [3.63, 3.8) is 0 Å². The molecule has 84 valence electrons. The topological polar surface area (TPSA) is 9.23 Å². The maximum Gasteiger partial charge on any atom is 0.206 e. The second-order valence-corrected chi connectivity index (χ2v) is 3.23. The molecule has 0 unspecified atom stereocenters. The molecule has 0 radical (unpaired) electrons. The molecule has 0 fully saturated rings. The maximum absolute atomic E-state index is 12.9. The molecule has 0 N–H and O–H groups in total. The second-order valence-electron chi connectivity index (χ2n) is 2.44. The highest BCUT2D eigenvalue weighted by molar-refractivity contribution is 9.09. The zero-order valence-electron chi connectivity index (χ0n) is 7.09. The highest BCUT2D eigenvalue weighted by atomic mass is 79.9. The van der Waals surface area contributed by atoms with Crippen LogP contribution in [-0.4, -0.2) is 11.9 Å². The number of hydrogen-bond acceptors (Lipinski definition) is 1. The first-order valence-corrected chi connectivity index (χ1v) is 4.83. The van der Waals surface area contributed by atoms with Crippen molar-refractivity contribution in [2.45, 2.75) is 0 Å². The Balaban J connectivity index is 3.26. The van der Waals surface area contributed by atoms with Crippen molar-refractivity contribution in [2.75, 3.05) is 11.9 Å². The van der Waals surface area contributed by atoms with Crippen molar-refractivity contribution < 1.29 is 26.7 Å². The van der Waals surface area contributed by atoms with Crippen molar-refractivity contribution in [3.8, 4) is 5.75 Å². The fraction of sp³-hybridized carbons (Fsp3) is 0.250. The quantitative estimate of drug-likeness (QED) is 0.360. The fourth-order valence-corrected chi connectivity index (χ4v) is 1.01. The fourth-order valence-electron chi connectivity index (χ4n) is 0.852. The molecule has 0 saturated carbocycles. The second kappa shape index (κ2) is 4.78. The molecule has 1 rings (SSSR count). The predicted molar refractivity (Wildman–Crippen MR) is 45.5 cm³/mol. The highest BCUT2D eigenvalue weighted by Crippen LogP contribution is 2.28.